The molecule has 0 aliphatic rings. The highest BCUT2D eigenvalue weighted by atomic mass is 16.3. The van der Waals surface area contributed by atoms with E-state index < -0.39 is 0 Å². The second-order valence-corrected chi connectivity index (χ2v) is 6.28. The molecule has 0 saturated heterocycles. The number of nitrogens with one attached hydrogen (secondary N) is 2. The molecule has 0 radical (unpaired) electrons. The number of aromatic nitrogens is 2. The second-order valence-electron chi connectivity index (χ2n) is 6.28. The first kappa shape index (κ1) is 16.8. The van der Waals surface area contributed by atoms with Gasteiger partial charge in [0.2, 0.25) is 0 Å². The number of rotatable bonds is 4. The predicted molar refractivity (Wildman–Crippen MR) is 105 cm³/mol. The Hall–Kier alpha value is -3.67. The van der Waals surface area contributed by atoms with E-state index in [0.29, 0.717) is 17.2 Å². The van der Waals surface area contributed by atoms with Crippen molar-refractivity contribution in [3.63, 3.8) is 0 Å². The van der Waals surface area contributed by atoms with Crippen LogP contribution >= 0.6 is 0 Å². The first-order valence-electron chi connectivity index (χ1n) is 8.56. The maximum Gasteiger partial charge on any atom is 0.291 e. The topological polar surface area (TPSA) is 83.3 Å². The number of nitrogens with zero attached hydrogens (tertiary/aromatic N) is 2. The van der Waals surface area contributed by atoms with Crippen molar-refractivity contribution in [1.29, 1.82) is 0 Å². The van der Waals surface area contributed by atoms with Gasteiger partial charge in [0, 0.05) is 6.07 Å². The van der Waals surface area contributed by atoms with Crippen LogP contribution in [0.25, 0.3) is 22.2 Å². The van der Waals surface area contributed by atoms with Crippen LogP contribution in [0.15, 0.2) is 70.2 Å². The van der Waals surface area contributed by atoms with E-state index in [1.807, 2.05) is 62.4 Å². The van der Waals surface area contributed by atoms with Gasteiger partial charge in [0.25, 0.3) is 5.91 Å². The third kappa shape index (κ3) is 3.50. The van der Waals surface area contributed by atoms with Gasteiger partial charge >= 0.3 is 0 Å². The number of hydrogen-bond acceptors (Lipinski definition) is 4. The molecular formula is C21H18N4O2. The van der Waals surface area contributed by atoms with Crippen molar-refractivity contribution >= 4 is 22.4 Å². The van der Waals surface area contributed by atoms with Crippen LogP contribution in [0.2, 0.25) is 0 Å². The molecule has 4 rings (SSSR count). The molecule has 2 aromatic carbocycles. The summed E-state index contributed by atoms with van der Waals surface area (Å²) in [6.45, 7) is 3.71. The Morgan fingerprint density at radius 1 is 1.07 bits per heavy atom. The van der Waals surface area contributed by atoms with Crippen molar-refractivity contribution in [3.8, 4) is 11.5 Å². The van der Waals surface area contributed by atoms with E-state index in [-0.39, 0.29) is 11.6 Å². The van der Waals surface area contributed by atoms with Crippen molar-refractivity contribution in [1.82, 2.24) is 15.6 Å². The van der Waals surface area contributed by atoms with Crippen LogP contribution in [0.1, 0.15) is 28.7 Å². The third-order valence-electron chi connectivity index (χ3n) is 4.31. The smallest absolute Gasteiger partial charge is 0.291 e. The van der Waals surface area contributed by atoms with Gasteiger partial charge in [-0.05, 0) is 48.4 Å². The molecule has 0 aliphatic heterocycles. The SMILES string of the molecule is C/C(=N\NC(=O)c1cc(-c2ccc(C)o2)[nH]n1)c1ccc2ccccc2c1. The monoisotopic (exact) mass is 358 g/mol. The Morgan fingerprint density at radius 3 is 2.67 bits per heavy atom. The quantitative estimate of drug-likeness (QED) is 0.422. The second kappa shape index (κ2) is 6.92. The highest BCUT2D eigenvalue weighted by Gasteiger charge is 2.13. The van der Waals surface area contributed by atoms with Gasteiger partial charge in [-0.2, -0.15) is 10.2 Å². The Morgan fingerprint density at radius 2 is 1.89 bits per heavy atom. The normalized spacial score (nSPS) is 11.7. The van der Waals surface area contributed by atoms with Crippen LogP contribution in [0.3, 0.4) is 0 Å². The number of benzene rings is 2. The minimum Gasteiger partial charge on any atom is -0.460 e. The number of furan rings is 1. The molecule has 134 valence electrons. The Balaban J connectivity index is 1.49. The Bertz CT molecular complexity index is 1150. The summed E-state index contributed by atoms with van der Waals surface area (Å²) in [5, 5.41) is 13.3. The van der Waals surface area contributed by atoms with Gasteiger partial charge in [0.15, 0.2) is 11.5 Å². The van der Waals surface area contributed by atoms with E-state index in [1.54, 1.807) is 6.07 Å². The van der Waals surface area contributed by atoms with Gasteiger partial charge in [-0.25, -0.2) is 5.43 Å². The third-order valence-corrected chi connectivity index (χ3v) is 4.31. The fourth-order valence-corrected chi connectivity index (χ4v) is 2.81. The molecule has 0 unspecified atom stereocenters. The molecule has 2 aromatic heterocycles. The molecule has 0 saturated carbocycles. The molecule has 4 aromatic rings. The van der Waals surface area contributed by atoms with Crippen molar-refractivity contribution < 1.29 is 9.21 Å². The highest BCUT2D eigenvalue weighted by Crippen LogP contribution is 2.20. The van der Waals surface area contributed by atoms with Crippen LogP contribution in [-0.4, -0.2) is 21.8 Å². The Kier molecular flexibility index (Phi) is 4.30. The zero-order chi connectivity index (χ0) is 18.8. The summed E-state index contributed by atoms with van der Waals surface area (Å²) >= 11 is 0. The first-order chi connectivity index (χ1) is 13.1. The molecule has 6 heteroatoms. The average Bonchev–Trinajstić information content (AvgIpc) is 3.34. The maximum atomic E-state index is 12.3. The fraction of sp³-hybridized carbons (Fsp3) is 0.0952. The summed E-state index contributed by atoms with van der Waals surface area (Å²) in [7, 11) is 0. The van der Waals surface area contributed by atoms with Crippen LogP contribution in [-0.2, 0) is 0 Å². The first-order valence-corrected chi connectivity index (χ1v) is 8.56. The molecule has 2 heterocycles. The summed E-state index contributed by atoms with van der Waals surface area (Å²) in [6.07, 6.45) is 0. The van der Waals surface area contributed by atoms with E-state index in [4.69, 9.17) is 4.42 Å². The number of aromatic amines is 1. The Labute approximate surface area is 155 Å². The van der Waals surface area contributed by atoms with Crippen LogP contribution < -0.4 is 5.43 Å². The van der Waals surface area contributed by atoms with Gasteiger partial charge in [-0.3, -0.25) is 9.89 Å². The predicted octanol–water partition coefficient (Wildman–Crippen LogP) is 4.29. The molecule has 0 atom stereocenters. The maximum absolute atomic E-state index is 12.3. The van der Waals surface area contributed by atoms with Gasteiger partial charge < -0.3 is 4.42 Å². The molecule has 0 bridgehead atoms. The van der Waals surface area contributed by atoms with E-state index in [2.05, 4.69) is 26.8 Å². The zero-order valence-corrected chi connectivity index (χ0v) is 15.0. The van der Waals surface area contributed by atoms with Crippen molar-refractivity contribution in [3.05, 3.63) is 77.7 Å². The molecule has 2 N–H and O–H groups in total. The zero-order valence-electron chi connectivity index (χ0n) is 15.0. The van der Waals surface area contributed by atoms with Crippen LogP contribution in [0, 0.1) is 6.92 Å². The number of amides is 1. The lowest BCUT2D eigenvalue weighted by Crippen LogP contribution is -2.19. The number of H-pyrrole nitrogens is 1. The molecule has 0 spiro atoms. The van der Waals surface area contributed by atoms with Gasteiger partial charge in [-0.15, -0.1) is 0 Å². The minimum absolute atomic E-state index is 0.245. The summed E-state index contributed by atoms with van der Waals surface area (Å²) < 4.78 is 5.52. The van der Waals surface area contributed by atoms with Crippen LogP contribution in [0.5, 0.6) is 0 Å². The summed E-state index contributed by atoms with van der Waals surface area (Å²) in [5.41, 5.74) is 5.10. The van der Waals surface area contributed by atoms with Crippen LogP contribution in [0.4, 0.5) is 0 Å². The van der Waals surface area contributed by atoms with Gasteiger partial charge in [0.05, 0.1) is 5.71 Å². The lowest BCUT2D eigenvalue weighted by molar-refractivity contribution is 0.0950. The number of hydrogen-bond donors (Lipinski definition) is 2. The minimum atomic E-state index is -0.388. The van der Waals surface area contributed by atoms with E-state index >= 15 is 0 Å². The van der Waals surface area contributed by atoms with E-state index in [9.17, 15) is 4.79 Å². The summed E-state index contributed by atoms with van der Waals surface area (Å²) in [4.78, 5) is 12.3. The standard InChI is InChI=1S/C21H18N4O2/c1-13-7-10-20(27-13)18-12-19(24-23-18)21(26)25-22-14(2)16-9-8-15-5-3-4-6-17(15)11-16/h3-12H,1-2H3,(H,23,24)(H,25,26)/b22-14+. The molecule has 0 aliphatic carbocycles. The average molecular weight is 358 g/mol. The largest absolute Gasteiger partial charge is 0.460 e. The fourth-order valence-electron chi connectivity index (χ4n) is 2.81. The molecular weight excluding hydrogens is 340 g/mol. The number of carbonyl (C=O) groups excluding carboxylic acids is 1. The van der Waals surface area contributed by atoms with Crippen molar-refractivity contribution in [2.75, 3.05) is 0 Å². The molecule has 1 amide bonds. The number of aryl methyl sites for hydroxylation is 1. The van der Waals surface area contributed by atoms with Crippen molar-refractivity contribution in [2.24, 2.45) is 5.10 Å². The number of fused-ring (bicyclic) bond motifs is 1. The molecule has 27 heavy (non-hydrogen) atoms. The number of carbonyl (C=O) groups is 1. The summed E-state index contributed by atoms with van der Waals surface area (Å²) in [5.74, 6) is 1.04. The van der Waals surface area contributed by atoms with Gasteiger partial charge in [-0.1, -0.05) is 36.4 Å². The molecule has 6 nitrogen and oxygen atoms in total. The lowest BCUT2D eigenvalue weighted by Gasteiger charge is -2.04. The van der Waals surface area contributed by atoms with E-state index in [0.717, 1.165) is 22.1 Å². The summed E-state index contributed by atoms with van der Waals surface area (Å²) in [6, 6.07) is 19.5. The van der Waals surface area contributed by atoms with Gasteiger partial charge in [0.1, 0.15) is 11.5 Å². The molecule has 0 fully saturated rings. The number of hydrazone groups is 1. The van der Waals surface area contributed by atoms with E-state index in [1.165, 1.54) is 0 Å². The highest BCUT2D eigenvalue weighted by molar-refractivity contribution is 6.03. The lowest BCUT2D eigenvalue weighted by atomic mass is 10.0. The van der Waals surface area contributed by atoms with Crippen molar-refractivity contribution in [2.45, 2.75) is 13.8 Å².